The zero-order chi connectivity index (χ0) is 20.3. The minimum absolute atomic E-state index is 0.139. The minimum Gasteiger partial charge on any atom is -0.322 e. The number of benzene rings is 2. The molecule has 2 aromatic rings. The highest BCUT2D eigenvalue weighted by Gasteiger charge is 2.29. The average molecular weight is 442 g/mol. The molecular weight excluding hydrogens is 421 g/mol. The molecule has 1 amide bonds. The fourth-order valence-corrected chi connectivity index (χ4v) is 4.90. The van der Waals surface area contributed by atoms with E-state index in [-0.39, 0.29) is 17.3 Å². The molecule has 1 saturated heterocycles. The van der Waals surface area contributed by atoms with Crippen molar-refractivity contribution in [1.29, 1.82) is 0 Å². The Bertz CT molecular complexity index is 937. The predicted molar refractivity (Wildman–Crippen MR) is 111 cm³/mol. The molecule has 9 heteroatoms. The number of halogens is 2. The highest BCUT2D eigenvalue weighted by molar-refractivity contribution is 7.89. The molecule has 28 heavy (non-hydrogen) atoms. The van der Waals surface area contributed by atoms with Crippen molar-refractivity contribution in [1.82, 2.24) is 9.21 Å². The van der Waals surface area contributed by atoms with Crippen LogP contribution in [0.2, 0.25) is 10.0 Å². The summed E-state index contributed by atoms with van der Waals surface area (Å²) in [6.45, 7) is 3.65. The van der Waals surface area contributed by atoms with E-state index in [9.17, 15) is 13.2 Å². The van der Waals surface area contributed by atoms with E-state index in [1.165, 1.54) is 4.31 Å². The summed E-state index contributed by atoms with van der Waals surface area (Å²) in [5.41, 5.74) is 1.39. The summed E-state index contributed by atoms with van der Waals surface area (Å²) in [5.74, 6) is -0.246. The second-order valence-electron chi connectivity index (χ2n) is 6.64. The quantitative estimate of drug-likeness (QED) is 0.772. The Morgan fingerprint density at radius 1 is 1.00 bits per heavy atom. The highest BCUT2D eigenvalue weighted by Crippen LogP contribution is 2.29. The lowest BCUT2D eigenvalue weighted by Gasteiger charge is -2.33. The second-order valence-corrected chi connectivity index (χ2v) is 9.39. The minimum atomic E-state index is -3.52. The third kappa shape index (κ3) is 4.85. The first-order valence-corrected chi connectivity index (χ1v) is 11.0. The Kier molecular flexibility index (Phi) is 6.62. The van der Waals surface area contributed by atoms with E-state index in [0.717, 1.165) is 5.56 Å². The Morgan fingerprint density at radius 3 is 2.14 bits per heavy atom. The number of hydrogen-bond acceptors (Lipinski definition) is 4. The molecule has 0 saturated carbocycles. The number of piperazine rings is 1. The van der Waals surface area contributed by atoms with Crippen LogP contribution in [0.15, 0.2) is 47.4 Å². The molecule has 1 fully saturated rings. The molecule has 0 aromatic heterocycles. The van der Waals surface area contributed by atoms with Crippen LogP contribution in [0.4, 0.5) is 5.69 Å². The van der Waals surface area contributed by atoms with Gasteiger partial charge in [-0.3, -0.25) is 9.69 Å². The fourth-order valence-electron chi connectivity index (χ4n) is 2.99. The van der Waals surface area contributed by atoms with Crippen LogP contribution in [-0.2, 0) is 14.8 Å². The van der Waals surface area contributed by atoms with Crippen LogP contribution in [-0.4, -0.2) is 56.3 Å². The summed E-state index contributed by atoms with van der Waals surface area (Å²) in [6.07, 6.45) is 0. The van der Waals surface area contributed by atoms with Crippen molar-refractivity contribution in [3.63, 3.8) is 0 Å². The maximum Gasteiger partial charge on any atom is 0.243 e. The van der Waals surface area contributed by atoms with Gasteiger partial charge < -0.3 is 5.32 Å². The molecule has 0 aliphatic carbocycles. The fraction of sp³-hybridized carbons (Fsp3) is 0.316. The Balaban J connectivity index is 1.56. The van der Waals surface area contributed by atoms with E-state index < -0.39 is 10.0 Å². The van der Waals surface area contributed by atoms with Crippen LogP contribution >= 0.6 is 23.2 Å². The molecule has 0 unspecified atom stereocenters. The smallest absolute Gasteiger partial charge is 0.243 e. The number of anilines is 1. The number of carbonyl (C=O) groups is 1. The lowest BCUT2D eigenvalue weighted by molar-refractivity contribution is -0.117. The van der Waals surface area contributed by atoms with Crippen molar-refractivity contribution in [3.05, 3.63) is 58.1 Å². The molecule has 1 N–H and O–H groups in total. The highest BCUT2D eigenvalue weighted by atomic mass is 35.5. The zero-order valence-corrected chi connectivity index (χ0v) is 17.7. The Morgan fingerprint density at radius 2 is 1.57 bits per heavy atom. The van der Waals surface area contributed by atoms with Gasteiger partial charge >= 0.3 is 0 Å². The van der Waals surface area contributed by atoms with E-state index in [4.69, 9.17) is 23.2 Å². The SMILES string of the molecule is Cc1ccc(S(=O)(=O)N2CCN(CC(=O)Nc3c(Cl)cccc3Cl)CC2)cc1. The lowest BCUT2D eigenvalue weighted by Crippen LogP contribution is -2.50. The summed E-state index contributed by atoms with van der Waals surface area (Å²) in [7, 11) is -3.52. The van der Waals surface area contributed by atoms with Gasteiger partial charge in [-0.25, -0.2) is 8.42 Å². The van der Waals surface area contributed by atoms with Gasteiger partial charge in [-0.15, -0.1) is 0 Å². The molecule has 2 aromatic carbocycles. The van der Waals surface area contributed by atoms with E-state index in [0.29, 0.717) is 41.9 Å². The van der Waals surface area contributed by atoms with E-state index >= 15 is 0 Å². The second kappa shape index (κ2) is 8.80. The zero-order valence-electron chi connectivity index (χ0n) is 15.4. The van der Waals surface area contributed by atoms with Crippen LogP contribution in [0.5, 0.6) is 0 Å². The van der Waals surface area contributed by atoms with Crippen LogP contribution < -0.4 is 5.32 Å². The number of hydrogen-bond donors (Lipinski definition) is 1. The van der Waals surface area contributed by atoms with Gasteiger partial charge in [0.25, 0.3) is 0 Å². The molecule has 1 aliphatic heterocycles. The standard InChI is InChI=1S/C19H21Cl2N3O3S/c1-14-5-7-15(8-6-14)28(26,27)24-11-9-23(10-12-24)13-18(25)22-19-16(20)3-2-4-17(19)21/h2-8H,9-13H2,1H3,(H,22,25). The summed E-state index contributed by atoms with van der Waals surface area (Å²) < 4.78 is 26.9. The predicted octanol–water partition coefficient (Wildman–Crippen LogP) is 3.25. The summed E-state index contributed by atoms with van der Waals surface area (Å²) in [4.78, 5) is 14.5. The Hall–Kier alpha value is -1.64. The first-order valence-electron chi connectivity index (χ1n) is 8.80. The van der Waals surface area contributed by atoms with Gasteiger partial charge in [0.15, 0.2) is 0 Å². The summed E-state index contributed by atoms with van der Waals surface area (Å²) in [5, 5.41) is 3.46. The summed E-state index contributed by atoms with van der Waals surface area (Å²) in [6, 6.07) is 11.8. The number of sulfonamides is 1. The molecule has 0 bridgehead atoms. The van der Waals surface area contributed by atoms with Gasteiger partial charge in [0.2, 0.25) is 15.9 Å². The lowest BCUT2D eigenvalue weighted by atomic mass is 10.2. The topological polar surface area (TPSA) is 69.7 Å². The number of nitrogens with zero attached hydrogens (tertiary/aromatic N) is 2. The van der Waals surface area contributed by atoms with Crippen LogP contribution in [0.1, 0.15) is 5.56 Å². The van der Waals surface area contributed by atoms with Gasteiger partial charge in [-0.05, 0) is 31.2 Å². The van der Waals surface area contributed by atoms with Crippen LogP contribution in [0, 0.1) is 6.92 Å². The molecule has 150 valence electrons. The monoisotopic (exact) mass is 441 g/mol. The van der Waals surface area contributed by atoms with Crippen molar-refractivity contribution >= 4 is 44.8 Å². The van der Waals surface area contributed by atoms with Crippen molar-refractivity contribution in [3.8, 4) is 0 Å². The van der Waals surface area contributed by atoms with Crippen molar-refractivity contribution < 1.29 is 13.2 Å². The maximum absolute atomic E-state index is 12.7. The maximum atomic E-state index is 12.7. The number of para-hydroxylation sites is 1. The number of carbonyl (C=O) groups excluding carboxylic acids is 1. The molecule has 0 radical (unpaired) electrons. The average Bonchev–Trinajstić information content (AvgIpc) is 2.66. The third-order valence-corrected chi connectivity index (χ3v) is 7.13. The number of nitrogens with one attached hydrogen (secondary N) is 1. The van der Waals surface area contributed by atoms with E-state index in [1.807, 2.05) is 11.8 Å². The Labute approximate surface area is 175 Å². The van der Waals surface area contributed by atoms with E-state index in [1.54, 1.807) is 42.5 Å². The number of aryl methyl sites for hydroxylation is 1. The molecule has 1 aliphatic rings. The van der Waals surface area contributed by atoms with Crippen LogP contribution in [0.3, 0.4) is 0 Å². The van der Waals surface area contributed by atoms with Gasteiger partial charge in [-0.2, -0.15) is 4.31 Å². The molecule has 1 heterocycles. The molecule has 6 nitrogen and oxygen atoms in total. The molecule has 3 rings (SSSR count). The van der Waals surface area contributed by atoms with Crippen LogP contribution in [0.25, 0.3) is 0 Å². The summed E-state index contributed by atoms with van der Waals surface area (Å²) >= 11 is 12.1. The van der Waals surface area contributed by atoms with Gasteiger partial charge in [-0.1, -0.05) is 47.0 Å². The first-order chi connectivity index (χ1) is 13.3. The van der Waals surface area contributed by atoms with Crippen molar-refractivity contribution in [2.75, 3.05) is 38.0 Å². The van der Waals surface area contributed by atoms with Crippen molar-refractivity contribution in [2.24, 2.45) is 0 Å². The largest absolute Gasteiger partial charge is 0.322 e. The molecule has 0 atom stereocenters. The molecule has 0 spiro atoms. The third-order valence-electron chi connectivity index (χ3n) is 4.58. The first kappa shape index (κ1) is 21.1. The van der Waals surface area contributed by atoms with Gasteiger partial charge in [0.05, 0.1) is 27.2 Å². The van der Waals surface area contributed by atoms with E-state index in [2.05, 4.69) is 5.32 Å². The normalized spacial score (nSPS) is 16.1. The molecular formula is C19H21Cl2N3O3S. The van der Waals surface area contributed by atoms with Crippen molar-refractivity contribution in [2.45, 2.75) is 11.8 Å². The number of rotatable bonds is 5. The van der Waals surface area contributed by atoms with Gasteiger partial charge in [0, 0.05) is 26.2 Å². The number of amides is 1. The van der Waals surface area contributed by atoms with Gasteiger partial charge in [0.1, 0.15) is 0 Å².